The van der Waals surface area contributed by atoms with Gasteiger partial charge in [-0.3, -0.25) is 19.2 Å². The molecule has 1 heterocycles. The van der Waals surface area contributed by atoms with Gasteiger partial charge in [-0.2, -0.15) is 0 Å². The number of unbranched alkanes of at least 4 members (excludes halogenated alkanes) is 4. The van der Waals surface area contributed by atoms with Crippen LogP contribution in [0.1, 0.15) is 93.9 Å². The van der Waals surface area contributed by atoms with Crippen LogP contribution >= 0.6 is 0 Å². The molecule has 3 aliphatic rings. The lowest BCUT2D eigenvalue weighted by atomic mass is 9.53. The Morgan fingerprint density at radius 1 is 0.875 bits per heavy atom. The minimum atomic E-state index is -2.83. The molecule has 14 nitrogen and oxygen atoms in total. The summed E-state index contributed by atoms with van der Waals surface area (Å²) in [5.41, 5.74) is -9.59. The van der Waals surface area contributed by atoms with E-state index in [1.165, 1.54) is 32.9 Å². The molecule has 0 aromatic rings. The number of ether oxygens (including phenoxy) is 5. The highest BCUT2D eigenvalue weighted by molar-refractivity contribution is 5.87. The van der Waals surface area contributed by atoms with Gasteiger partial charge in [-0.05, 0) is 38.8 Å². The van der Waals surface area contributed by atoms with Gasteiger partial charge in [0.05, 0.1) is 5.60 Å². The van der Waals surface area contributed by atoms with Gasteiger partial charge in [0.15, 0.2) is 17.8 Å². The van der Waals surface area contributed by atoms with Crippen molar-refractivity contribution < 1.29 is 68.1 Å². The van der Waals surface area contributed by atoms with Crippen LogP contribution in [0.3, 0.4) is 0 Å². The minimum Gasteiger partial charge on any atom is -0.459 e. The van der Waals surface area contributed by atoms with E-state index in [-0.39, 0.29) is 12.0 Å². The van der Waals surface area contributed by atoms with Gasteiger partial charge >= 0.3 is 29.8 Å². The van der Waals surface area contributed by atoms with Crippen LogP contribution in [0.2, 0.25) is 0 Å². The average molecular weight is 683 g/mol. The standard InChI is InChI=1S/C34H50O14/c1-9-10-11-12-13-14-24(39)47-26-18(2)17-23-34(43,33(8,30(41)46-23)48-21(5)37)29(45-20(4)36)27-31(6,16-15-22(38)32(27,7)42)28(25(26)40)44-19(3)35/h15-17,22-23,25-29,38,40,42-43H,9-14H2,1-8H3. The zero-order valence-electron chi connectivity index (χ0n) is 28.9. The van der Waals surface area contributed by atoms with Crippen molar-refractivity contribution in [2.45, 2.75) is 147 Å². The monoisotopic (exact) mass is 682 g/mol. The molecular weight excluding hydrogens is 632 g/mol. The van der Waals surface area contributed by atoms with E-state index in [1.54, 1.807) is 0 Å². The largest absolute Gasteiger partial charge is 0.459 e. The summed E-state index contributed by atoms with van der Waals surface area (Å²) in [4.78, 5) is 64.5. The Hall–Kier alpha value is -3.33. The highest BCUT2D eigenvalue weighted by Crippen LogP contribution is 2.56. The van der Waals surface area contributed by atoms with Crippen molar-refractivity contribution in [3.63, 3.8) is 0 Å². The Bertz CT molecular complexity index is 1320. The highest BCUT2D eigenvalue weighted by atomic mass is 16.7. The van der Waals surface area contributed by atoms with Crippen LogP contribution in [0, 0.1) is 11.3 Å². The van der Waals surface area contributed by atoms with Gasteiger partial charge in [0.1, 0.15) is 24.4 Å². The maximum Gasteiger partial charge on any atom is 0.354 e. The highest BCUT2D eigenvalue weighted by Gasteiger charge is 2.76. The lowest BCUT2D eigenvalue weighted by Crippen LogP contribution is -2.74. The summed E-state index contributed by atoms with van der Waals surface area (Å²) < 4.78 is 28.2. The third kappa shape index (κ3) is 7.17. The van der Waals surface area contributed by atoms with Crippen molar-refractivity contribution in [1.29, 1.82) is 0 Å². The van der Waals surface area contributed by atoms with E-state index in [9.17, 15) is 44.4 Å². The second kappa shape index (κ2) is 14.7. The molecule has 14 heteroatoms. The second-order valence-corrected chi connectivity index (χ2v) is 13.7. The number of esters is 5. The zero-order chi connectivity index (χ0) is 36.4. The van der Waals surface area contributed by atoms with E-state index < -0.39 is 94.6 Å². The second-order valence-electron chi connectivity index (χ2n) is 13.7. The fraction of sp³-hybridized carbons (Fsp3) is 0.735. The molecule has 0 aromatic carbocycles. The first kappa shape index (κ1) is 39.1. The van der Waals surface area contributed by atoms with Crippen molar-refractivity contribution in [2.75, 3.05) is 0 Å². The Labute approximate surface area is 280 Å². The summed E-state index contributed by atoms with van der Waals surface area (Å²) in [6.45, 7) is 10.2. The summed E-state index contributed by atoms with van der Waals surface area (Å²) in [6.07, 6.45) is -2.80. The number of hydrogen-bond donors (Lipinski definition) is 4. The maximum absolute atomic E-state index is 13.6. The summed E-state index contributed by atoms with van der Waals surface area (Å²) >= 11 is 0. The van der Waals surface area contributed by atoms with E-state index >= 15 is 0 Å². The van der Waals surface area contributed by atoms with Crippen molar-refractivity contribution >= 4 is 29.8 Å². The van der Waals surface area contributed by atoms with Gasteiger partial charge in [0.25, 0.3) is 0 Å². The van der Waals surface area contributed by atoms with E-state index in [0.717, 1.165) is 59.5 Å². The Morgan fingerprint density at radius 3 is 2.02 bits per heavy atom. The molecule has 0 bridgehead atoms. The van der Waals surface area contributed by atoms with Crippen molar-refractivity contribution in [3.05, 3.63) is 23.8 Å². The van der Waals surface area contributed by atoms with Gasteiger partial charge < -0.3 is 44.1 Å². The summed E-state index contributed by atoms with van der Waals surface area (Å²) in [5, 5.41) is 47.9. The predicted octanol–water partition coefficient (Wildman–Crippen LogP) is 1.73. The normalized spacial score (nSPS) is 39.2. The van der Waals surface area contributed by atoms with Crippen LogP contribution in [0.25, 0.3) is 0 Å². The molecule has 0 spiro atoms. The van der Waals surface area contributed by atoms with E-state index in [0.29, 0.717) is 6.42 Å². The number of fused-ring (bicyclic) bond motifs is 2. The Kier molecular flexibility index (Phi) is 11.9. The number of carbonyl (C=O) groups is 5. The van der Waals surface area contributed by atoms with Gasteiger partial charge in [-0.1, -0.05) is 51.7 Å². The lowest BCUT2D eigenvalue weighted by molar-refractivity contribution is -0.266. The molecule has 1 saturated heterocycles. The van der Waals surface area contributed by atoms with Crippen molar-refractivity contribution in [1.82, 2.24) is 0 Å². The van der Waals surface area contributed by atoms with Crippen LogP contribution < -0.4 is 0 Å². The number of aliphatic hydroxyl groups is 4. The Morgan fingerprint density at radius 2 is 1.46 bits per heavy atom. The van der Waals surface area contributed by atoms with E-state index in [4.69, 9.17) is 23.7 Å². The number of rotatable bonds is 10. The summed E-state index contributed by atoms with van der Waals surface area (Å²) in [5.74, 6) is -6.57. The van der Waals surface area contributed by atoms with Gasteiger partial charge in [-0.15, -0.1) is 0 Å². The molecule has 0 radical (unpaired) electrons. The molecule has 4 N–H and O–H groups in total. The molecule has 11 unspecified atom stereocenters. The molecular formula is C34H50O14. The molecule has 1 aliphatic heterocycles. The summed E-state index contributed by atoms with van der Waals surface area (Å²) in [7, 11) is 0. The first-order chi connectivity index (χ1) is 22.2. The maximum atomic E-state index is 13.6. The average Bonchev–Trinajstić information content (AvgIpc) is 3.15. The van der Waals surface area contributed by atoms with Crippen LogP contribution in [-0.2, 0) is 47.7 Å². The minimum absolute atomic E-state index is 0.000542. The zero-order valence-corrected chi connectivity index (χ0v) is 28.9. The fourth-order valence-electron chi connectivity index (χ4n) is 7.40. The number of carbonyl (C=O) groups excluding carboxylic acids is 5. The van der Waals surface area contributed by atoms with Gasteiger partial charge in [0.2, 0.25) is 5.60 Å². The molecule has 11 atom stereocenters. The smallest absolute Gasteiger partial charge is 0.354 e. The fourth-order valence-corrected chi connectivity index (χ4v) is 7.40. The Balaban J connectivity index is 2.38. The van der Waals surface area contributed by atoms with Crippen LogP contribution in [0.4, 0.5) is 0 Å². The molecule has 0 saturated carbocycles. The first-order valence-corrected chi connectivity index (χ1v) is 16.3. The molecule has 48 heavy (non-hydrogen) atoms. The molecule has 2 aliphatic carbocycles. The molecule has 0 amide bonds. The van der Waals surface area contributed by atoms with Crippen LogP contribution in [-0.4, -0.2) is 104 Å². The first-order valence-electron chi connectivity index (χ1n) is 16.3. The predicted molar refractivity (Wildman–Crippen MR) is 166 cm³/mol. The van der Waals surface area contributed by atoms with Crippen molar-refractivity contribution in [2.24, 2.45) is 11.3 Å². The third-order valence-corrected chi connectivity index (χ3v) is 9.87. The molecule has 3 rings (SSSR count). The third-order valence-electron chi connectivity index (χ3n) is 9.87. The SMILES string of the molecule is CCCCCCCC(=O)OC1C(C)=CC2OC(=O)C(C)(OC(C)=O)C2(O)C(OC(C)=O)C2C(C)(O)C(O)C=CC2(C)C(OC(C)=O)C1O. The molecule has 1 fully saturated rings. The lowest BCUT2D eigenvalue weighted by Gasteiger charge is -2.57. The van der Waals surface area contributed by atoms with E-state index in [1.807, 2.05) is 0 Å². The van der Waals surface area contributed by atoms with Crippen LogP contribution in [0.15, 0.2) is 23.8 Å². The summed E-state index contributed by atoms with van der Waals surface area (Å²) in [6, 6.07) is 0. The van der Waals surface area contributed by atoms with Crippen LogP contribution in [0.5, 0.6) is 0 Å². The van der Waals surface area contributed by atoms with Gasteiger partial charge in [0, 0.05) is 38.5 Å². The van der Waals surface area contributed by atoms with E-state index in [2.05, 4.69) is 6.92 Å². The number of aliphatic hydroxyl groups excluding tert-OH is 2. The quantitative estimate of drug-likeness (QED) is 0.112. The van der Waals surface area contributed by atoms with Gasteiger partial charge in [-0.25, -0.2) is 4.79 Å². The van der Waals surface area contributed by atoms with Crippen molar-refractivity contribution in [3.8, 4) is 0 Å². The topological polar surface area (TPSA) is 212 Å². The molecule has 270 valence electrons. The molecule has 0 aromatic heterocycles. The number of hydrogen-bond acceptors (Lipinski definition) is 14.